The van der Waals surface area contributed by atoms with Gasteiger partial charge < -0.3 is 4.74 Å². The van der Waals surface area contributed by atoms with Gasteiger partial charge in [-0.1, -0.05) is 42.8 Å². The van der Waals surface area contributed by atoms with E-state index in [0.717, 1.165) is 29.0 Å². The van der Waals surface area contributed by atoms with E-state index < -0.39 is 0 Å². The molecule has 146 valence electrons. The Morgan fingerprint density at radius 2 is 1.62 bits per heavy atom. The van der Waals surface area contributed by atoms with E-state index in [1.54, 1.807) is 0 Å². The normalized spacial score (nSPS) is 21.5. The lowest BCUT2D eigenvalue weighted by atomic mass is 9.83. The van der Waals surface area contributed by atoms with E-state index in [1.807, 2.05) is 54.9 Å². The van der Waals surface area contributed by atoms with E-state index in [-0.39, 0.29) is 0 Å². The van der Waals surface area contributed by atoms with Gasteiger partial charge in [-0.15, -0.1) is 0 Å². The van der Waals surface area contributed by atoms with Gasteiger partial charge in [0.05, 0.1) is 0 Å². The van der Waals surface area contributed by atoms with Gasteiger partial charge in [-0.2, -0.15) is 0 Å². The summed E-state index contributed by atoms with van der Waals surface area (Å²) in [5, 5.41) is 0. The lowest BCUT2D eigenvalue weighted by molar-refractivity contribution is 0.137. The molecule has 5 rings (SSSR count). The van der Waals surface area contributed by atoms with Crippen LogP contribution >= 0.6 is 0 Å². The van der Waals surface area contributed by atoms with E-state index in [9.17, 15) is 0 Å². The first-order chi connectivity index (χ1) is 14.3. The number of hydrogen-bond donors (Lipinski definition) is 0. The lowest BCUT2D eigenvalue weighted by Crippen LogP contribution is -2.45. The number of hydrogen-bond acceptors (Lipinski definition) is 3. The Labute approximate surface area is 172 Å². The molecule has 2 unspecified atom stereocenters. The van der Waals surface area contributed by atoms with Crippen molar-refractivity contribution < 1.29 is 4.74 Å². The third-order valence-electron chi connectivity index (χ3n) is 6.26. The third kappa shape index (κ3) is 3.83. The molecule has 2 aliphatic heterocycles. The minimum absolute atomic E-state index is 0.579. The predicted octanol–water partition coefficient (Wildman–Crippen LogP) is 6.18. The lowest BCUT2D eigenvalue weighted by Gasteiger charge is -2.42. The van der Waals surface area contributed by atoms with Gasteiger partial charge in [-0.3, -0.25) is 9.88 Å². The summed E-state index contributed by atoms with van der Waals surface area (Å²) in [6, 6.07) is 21.7. The first-order valence-electron chi connectivity index (χ1n) is 10.5. The summed E-state index contributed by atoms with van der Waals surface area (Å²) in [4.78, 5) is 7.10. The second kappa shape index (κ2) is 7.84. The molecule has 3 heteroatoms. The minimum Gasteiger partial charge on any atom is -0.457 e. The topological polar surface area (TPSA) is 25.4 Å². The summed E-state index contributed by atoms with van der Waals surface area (Å²) >= 11 is 0. The second-order valence-electron chi connectivity index (χ2n) is 8.12. The SMILES string of the molecule is CN1C2C=C(c3cncc(-c4ccc(Oc5ccccc5)cc4)c3)CC1CCC2. The van der Waals surface area contributed by atoms with Crippen molar-refractivity contribution in [1.82, 2.24) is 9.88 Å². The molecule has 0 radical (unpaired) electrons. The van der Waals surface area contributed by atoms with Gasteiger partial charge in [0.1, 0.15) is 11.5 Å². The molecule has 3 nitrogen and oxygen atoms in total. The zero-order chi connectivity index (χ0) is 19.6. The molecule has 1 saturated heterocycles. The Balaban J connectivity index is 1.37. The highest BCUT2D eigenvalue weighted by Gasteiger charge is 2.31. The molecule has 0 aliphatic carbocycles. The highest BCUT2D eigenvalue weighted by molar-refractivity contribution is 5.73. The molecule has 3 aromatic rings. The van der Waals surface area contributed by atoms with Gasteiger partial charge >= 0.3 is 0 Å². The first kappa shape index (κ1) is 18.1. The number of ether oxygens (including phenoxy) is 1. The van der Waals surface area contributed by atoms with Gasteiger partial charge in [0.15, 0.2) is 0 Å². The number of benzene rings is 2. The van der Waals surface area contributed by atoms with Crippen LogP contribution in [0.3, 0.4) is 0 Å². The van der Waals surface area contributed by atoms with Crippen LogP contribution in [0.5, 0.6) is 11.5 Å². The fourth-order valence-electron chi connectivity index (χ4n) is 4.57. The number of rotatable bonds is 4. The summed E-state index contributed by atoms with van der Waals surface area (Å²) in [5.74, 6) is 1.69. The minimum atomic E-state index is 0.579. The standard InChI is InChI=1S/C26H26N2O/c1-28-23-6-5-7-24(28)16-20(15-23)22-14-21(17-27-18-22)19-10-12-26(13-11-19)29-25-8-3-2-4-9-25/h2-4,8-15,17-18,23-24H,5-7,16H2,1H3. The maximum atomic E-state index is 5.91. The van der Waals surface area contributed by atoms with Crippen LogP contribution in [0.1, 0.15) is 31.2 Å². The highest BCUT2D eigenvalue weighted by atomic mass is 16.5. The highest BCUT2D eigenvalue weighted by Crippen LogP contribution is 2.36. The quantitative estimate of drug-likeness (QED) is 0.539. The van der Waals surface area contributed by atoms with E-state index >= 15 is 0 Å². The molecule has 29 heavy (non-hydrogen) atoms. The van der Waals surface area contributed by atoms with Crippen LogP contribution in [0.15, 0.2) is 79.1 Å². The van der Waals surface area contributed by atoms with Crippen LogP contribution in [0.2, 0.25) is 0 Å². The summed E-state index contributed by atoms with van der Waals surface area (Å²) in [6.07, 6.45) is 11.5. The monoisotopic (exact) mass is 382 g/mol. The second-order valence-corrected chi connectivity index (χ2v) is 8.12. The smallest absolute Gasteiger partial charge is 0.127 e. The molecule has 2 bridgehead atoms. The summed E-state index contributed by atoms with van der Waals surface area (Å²) in [7, 11) is 2.27. The van der Waals surface area contributed by atoms with Crippen LogP contribution in [-0.2, 0) is 0 Å². The predicted molar refractivity (Wildman–Crippen MR) is 118 cm³/mol. The number of piperidine rings is 1. The molecular weight excluding hydrogens is 356 g/mol. The first-order valence-corrected chi connectivity index (χ1v) is 10.5. The molecular formula is C26H26N2O. The number of likely N-dealkylation sites (N-methyl/N-ethyl adjacent to an activating group) is 1. The largest absolute Gasteiger partial charge is 0.457 e. The van der Waals surface area contributed by atoms with Crippen LogP contribution in [-0.4, -0.2) is 29.0 Å². The molecule has 2 aromatic carbocycles. The Morgan fingerprint density at radius 1 is 0.862 bits per heavy atom. The van der Waals surface area contributed by atoms with Gasteiger partial charge in [-0.05, 0) is 73.3 Å². The fraction of sp³-hybridized carbons (Fsp3) is 0.269. The van der Waals surface area contributed by atoms with Crippen LogP contribution in [0.25, 0.3) is 16.7 Å². The number of nitrogens with zero attached hydrogens (tertiary/aromatic N) is 2. The Hall–Kier alpha value is -2.91. The number of aromatic nitrogens is 1. The molecule has 2 atom stereocenters. The number of pyridine rings is 1. The summed E-state index contributed by atoms with van der Waals surface area (Å²) in [6.45, 7) is 0. The molecule has 2 aliphatic rings. The zero-order valence-corrected chi connectivity index (χ0v) is 16.8. The Bertz CT molecular complexity index is 1010. The Morgan fingerprint density at radius 3 is 2.41 bits per heavy atom. The van der Waals surface area contributed by atoms with E-state index in [1.165, 1.54) is 30.4 Å². The molecule has 0 N–H and O–H groups in total. The summed E-state index contributed by atoms with van der Waals surface area (Å²) < 4.78 is 5.91. The van der Waals surface area contributed by atoms with Gasteiger partial charge in [0.25, 0.3) is 0 Å². The average molecular weight is 383 g/mol. The average Bonchev–Trinajstić information content (AvgIpc) is 2.75. The Kier molecular flexibility index (Phi) is 4.91. The summed E-state index contributed by atoms with van der Waals surface area (Å²) in [5.41, 5.74) is 5.03. The van der Waals surface area contributed by atoms with E-state index in [0.29, 0.717) is 12.1 Å². The number of para-hydroxylation sites is 1. The van der Waals surface area contributed by atoms with Crippen molar-refractivity contribution in [3.05, 3.63) is 84.7 Å². The number of fused-ring (bicyclic) bond motifs is 2. The molecule has 0 saturated carbocycles. The van der Waals surface area contributed by atoms with Crippen LogP contribution in [0.4, 0.5) is 0 Å². The molecule has 1 aromatic heterocycles. The molecule has 1 fully saturated rings. The van der Waals surface area contributed by atoms with Crippen LogP contribution < -0.4 is 4.74 Å². The van der Waals surface area contributed by atoms with E-state index in [4.69, 9.17) is 4.74 Å². The van der Waals surface area contributed by atoms with Crippen molar-refractivity contribution in [2.24, 2.45) is 0 Å². The maximum Gasteiger partial charge on any atom is 0.127 e. The van der Waals surface area contributed by atoms with Crippen LogP contribution in [0, 0.1) is 0 Å². The van der Waals surface area contributed by atoms with Gasteiger partial charge in [0.2, 0.25) is 0 Å². The fourth-order valence-corrected chi connectivity index (χ4v) is 4.57. The van der Waals surface area contributed by atoms with Crippen molar-refractivity contribution in [3.8, 4) is 22.6 Å². The zero-order valence-electron chi connectivity index (χ0n) is 16.8. The van der Waals surface area contributed by atoms with Crippen molar-refractivity contribution in [3.63, 3.8) is 0 Å². The molecule has 0 spiro atoms. The maximum absolute atomic E-state index is 5.91. The van der Waals surface area contributed by atoms with Crippen molar-refractivity contribution >= 4 is 5.57 Å². The molecule has 3 heterocycles. The van der Waals surface area contributed by atoms with Crippen molar-refractivity contribution in [2.75, 3.05) is 7.05 Å². The van der Waals surface area contributed by atoms with Crippen molar-refractivity contribution in [2.45, 2.75) is 37.8 Å². The van der Waals surface area contributed by atoms with Gasteiger partial charge in [-0.25, -0.2) is 0 Å². The van der Waals surface area contributed by atoms with Gasteiger partial charge in [0, 0.05) is 30.0 Å². The van der Waals surface area contributed by atoms with E-state index in [2.05, 4.69) is 41.2 Å². The third-order valence-corrected chi connectivity index (χ3v) is 6.26. The van der Waals surface area contributed by atoms with Crippen molar-refractivity contribution in [1.29, 1.82) is 0 Å². The molecule has 0 amide bonds.